The highest BCUT2D eigenvalue weighted by Gasteiger charge is 2.16. The summed E-state index contributed by atoms with van der Waals surface area (Å²) in [6.45, 7) is 8.43. The fourth-order valence-corrected chi connectivity index (χ4v) is 4.35. The van der Waals surface area contributed by atoms with Crippen molar-refractivity contribution in [2.24, 2.45) is 0 Å². The van der Waals surface area contributed by atoms with Crippen molar-refractivity contribution in [2.45, 2.75) is 26.9 Å². The molecule has 196 valence electrons. The summed E-state index contributed by atoms with van der Waals surface area (Å²) in [4.78, 5) is 12.9. The van der Waals surface area contributed by atoms with Gasteiger partial charge in [-0.15, -0.1) is 6.58 Å². The molecule has 0 bridgehead atoms. The molecule has 0 aliphatic carbocycles. The number of carbonyl (C=O) groups excluding carboxylic acids is 1. The topological polar surface area (TPSA) is 71.4 Å². The Kier molecular flexibility index (Phi) is 9.04. The van der Waals surface area contributed by atoms with Crippen LogP contribution >= 0.6 is 11.6 Å². The lowest BCUT2D eigenvalue weighted by Gasteiger charge is -2.17. The minimum Gasteiger partial charge on any atom is -0.490 e. The standard InChI is InChI=1S/C33H29ClN2O3/c1-4-8-27-16-24(17-28(20-35)33(37)36-29-14-11-22(3)30(34)19-29)18-31(38-5-2)32(27)39-21-23-12-13-25-9-6-7-10-26(25)15-23/h4,6-7,9-19H,1,5,8,21H2,2-3H3,(H,36,37)/b28-17-. The van der Waals surface area contributed by atoms with Crippen LogP contribution < -0.4 is 14.8 Å². The fourth-order valence-electron chi connectivity index (χ4n) is 4.17. The maximum absolute atomic E-state index is 12.9. The third kappa shape index (κ3) is 6.87. The van der Waals surface area contributed by atoms with Gasteiger partial charge in [-0.2, -0.15) is 5.26 Å². The van der Waals surface area contributed by atoms with E-state index in [9.17, 15) is 10.1 Å². The van der Waals surface area contributed by atoms with Crippen molar-refractivity contribution in [3.63, 3.8) is 0 Å². The van der Waals surface area contributed by atoms with E-state index in [4.69, 9.17) is 21.1 Å². The average molecular weight is 537 g/mol. The Balaban J connectivity index is 1.63. The number of allylic oxidation sites excluding steroid dienone is 1. The monoisotopic (exact) mass is 536 g/mol. The quantitative estimate of drug-likeness (QED) is 0.126. The van der Waals surface area contributed by atoms with Gasteiger partial charge in [0, 0.05) is 16.3 Å². The lowest BCUT2D eigenvalue weighted by molar-refractivity contribution is -0.112. The van der Waals surface area contributed by atoms with E-state index < -0.39 is 5.91 Å². The zero-order valence-corrected chi connectivity index (χ0v) is 22.7. The largest absolute Gasteiger partial charge is 0.490 e. The summed E-state index contributed by atoms with van der Waals surface area (Å²) < 4.78 is 12.2. The molecule has 4 aromatic carbocycles. The van der Waals surface area contributed by atoms with Gasteiger partial charge in [0.2, 0.25) is 0 Å². The number of nitriles is 1. The van der Waals surface area contributed by atoms with E-state index >= 15 is 0 Å². The number of halogens is 1. The zero-order valence-electron chi connectivity index (χ0n) is 22.0. The first kappa shape index (κ1) is 27.5. The van der Waals surface area contributed by atoms with Crippen molar-refractivity contribution in [3.8, 4) is 17.6 Å². The summed E-state index contributed by atoms with van der Waals surface area (Å²) in [5, 5.41) is 15.3. The Morgan fingerprint density at radius 3 is 2.56 bits per heavy atom. The van der Waals surface area contributed by atoms with Crippen molar-refractivity contribution >= 4 is 40.0 Å². The maximum Gasteiger partial charge on any atom is 0.266 e. The van der Waals surface area contributed by atoms with Crippen molar-refractivity contribution in [1.82, 2.24) is 0 Å². The van der Waals surface area contributed by atoms with E-state index in [1.165, 1.54) is 11.5 Å². The van der Waals surface area contributed by atoms with Crippen LogP contribution in [0.4, 0.5) is 5.69 Å². The molecule has 0 aliphatic rings. The van der Waals surface area contributed by atoms with Crippen molar-refractivity contribution in [2.75, 3.05) is 11.9 Å². The van der Waals surface area contributed by atoms with E-state index in [1.54, 1.807) is 30.3 Å². The van der Waals surface area contributed by atoms with Crippen LogP contribution in [0.5, 0.6) is 11.5 Å². The Morgan fingerprint density at radius 1 is 1.05 bits per heavy atom. The molecule has 0 saturated heterocycles. The molecule has 0 heterocycles. The van der Waals surface area contributed by atoms with Crippen LogP contribution in [-0.4, -0.2) is 12.5 Å². The number of nitrogens with zero attached hydrogens (tertiary/aromatic N) is 1. The van der Waals surface area contributed by atoms with Gasteiger partial charge in [0.25, 0.3) is 5.91 Å². The van der Waals surface area contributed by atoms with Crippen LogP contribution in [0.1, 0.15) is 29.2 Å². The zero-order chi connectivity index (χ0) is 27.8. The first-order valence-electron chi connectivity index (χ1n) is 12.6. The number of hydrogen-bond acceptors (Lipinski definition) is 4. The van der Waals surface area contributed by atoms with E-state index in [1.807, 2.05) is 44.2 Å². The highest BCUT2D eigenvalue weighted by molar-refractivity contribution is 6.31. The maximum atomic E-state index is 12.9. The van der Waals surface area contributed by atoms with Crippen molar-refractivity contribution < 1.29 is 14.3 Å². The molecule has 4 rings (SSSR count). The molecule has 0 radical (unpaired) electrons. The van der Waals surface area contributed by atoms with E-state index in [0.29, 0.717) is 47.4 Å². The minimum atomic E-state index is -0.530. The SMILES string of the molecule is C=CCc1cc(/C=C(/C#N)C(=O)Nc2ccc(C)c(Cl)c2)cc(OCC)c1OCc1ccc2ccccc2c1. The first-order chi connectivity index (χ1) is 18.9. The molecule has 1 amide bonds. The molecule has 39 heavy (non-hydrogen) atoms. The third-order valence-corrected chi connectivity index (χ3v) is 6.53. The van der Waals surface area contributed by atoms with Gasteiger partial charge < -0.3 is 14.8 Å². The molecule has 4 aromatic rings. The Morgan fingerprint density at radius 2 is 1.85 bits per heavy atom. The molecular weight excluding hydrogens is 508 g/mol. The van der Waals surface area contributed by atoms with Gasteiger partial charge in [0.1, 0.15) is 18.2 Å². The number of rotatable bonds is 10. The van der Waals surface area contributed by atoms with Gasteiger partial charge in [-0.1, -0.05) is 60.1 Å². The average Bonchev–Trinajstić information content (AvgIpc) is 2.93. The molecule has 5 nitrogen and oxygen atoms in total. The van der Waals surface area contributed by atoms with E-state index in [0.717, 1.165) is 22.1 Å². The van der Waals surface area contributed by atoms with Crippen LogP contribution in [0.15, 0.2) is 91.0 Å². The lowest BCUT2D eigenvalue weighted by Crippen LogP contribution is -2.13. The Labute approximate surface area is 233 Å². The molecule has 1 N–H and O–H groups in total. The molecule has 0 spiro atoms. The number of carbonyl (C=O) groups is 1. The number of aryl methyl sites for hydroxylation is 1. The summed E-state index contributed by atoms with van der Waals surface area (Å²) in [6, 6.07) is 25.3. The summed E-state index contributed by atoms with van der Waals surface area (Å²) in [5.74, 6) is 0.614. The number of hydrogen-bond donors (Lipinski definition) is 1. The summed E-state index contributed by atoms with van der Waals surface area (Å²) >= 11 is 6.18. The Bertz CT molecular complexity index is 1600. The van der Waals surface area contributed by atoms with Crippen LogP contribution in [0, 0.1) is 18.3 Å². The molecule has 0 fully saturated rings. The number of nitrogens with one attached hydrogen (secondary N) is 1. The Hall–Kier alpha value is -4.53. The highest BCUT2D eigenvalue weighted by Crippen LogP contribution is 2.35. The summed E-state index contributed by atoms with van der Waals surface area (Å²) in [7, 11) is 0. The third-order valence-electron chi connectivity index (χ3n) is 6.12. The fraction of sp³-hybridized carbons (Fsp3) is 0.152. The second-order valence-corrected chi connectivity index (χ2v) is 9.40. The van der Waals surface area contributed by atoms with Gasteiger partial charge in [-0.3, -0.25) is 4.79 Å². The predicted octanol–water partition coefficient (Wildman–Crippen LogP) is 8.05. The van der Waals surface area contributed by atoms with Gasteiger partial charge in [-0.05, 0) is 84.1 Å². The molecule has 0 aromatic heterocycles. The van der Waals surface area contributed by atoms with Crippen LogP contribution in [-0.2, 0) is 17.8 Å². The summed E-state index contributed by atoms with van der Waals surface area (Å²) in [5.41, 5.74) is 3.87. The van der Waals surface area contributed by atoms with Gasteiger partial charge >= 0.3 is 0 Å². The minimum absolute atomic E-state index is 0.0523. The van der Waals surface area contributed by atoms with Crippen LogP contribution in [0.2, 0.25) is 5.02 Å². The summed E-state index contributed by atoms with van der Waals surface area (Å²) in [6.07, 6.45) is 3.83. The number of ether oxygens (including phenoxy) is 2. The molecule has 0 aliphatic heterocycles. The number of amides is 1. The number of fused-ring (bicyclic) bond motifs is 1. The van der Waals surface area contributed by atoms with Crippen molar-refractivity contribution in [1.29, 1.82) is 5.26 Å². The van der Waals surface area contributed by atoms with Gasteiger partial charge in [0.15, 0.2) is 11.5 Å². The van der Waals surface area contributed by atoms with Crippen LogP contribution in [0.25, 0.3) is 16.8 Å². The van der Waals surface area contributed by atoms with Gasteiger partial charge in [0.05, 0.1) is 6.61 Å². The van der Waals surface area contributed by atoms with E-state index in [-0.39, 0.29) is 5.57 Å². The first-order valence-corrected chi connectivity index (χ1v) is 13.0. The molecule has 0 saturated carbocycles. The second kappa shape index (κ2) is 12.8. The second-order valence-electron chi connectivity index (χ2n) is 8.99. The van der Waals surface area contributed by atoms with Crippen molar-refractivity contribution in [3.05, 3.63) is 118 Å². The predicted molar refractivity (Wildman–Crippen MR) is 158 cm³/mol. The molecular formula is C33H29ClN2O3. The highest BCUT2D eigenvalue weighted by atomic mass is 35.5. The molecule has 0 atom stereocenters. The smallest absolute Gasteiger partial charge is 0.266 e. The number of benzene rings is 4. The molecule has 6 heteroatoms. The van der Waals surface area contributed by atoms with Gasteiger partial charge in [-0.25, -0.2) is 0 Å². The lowest BCUT2D eigenvalue weighted by atomic mass is 10.0. The normalized spacial score (nSPS) is 11.1. The van der Waals surface area contributed by atoms with Crippen LogP contribution in [0.3, 0.4) is 0 Å². The van der Waals surface area contributed by atoms with E-state index in [2.05, 4.69) is 36.2 Å². The molecule has 0 unspecified atom stereocenters. The number of anilines is 1.